The minimum absolute atomic E-state index is 0.344. The number of likely N-dealkylation sites (tertiary alicyclic amines) is 1. The molecule has 0 radical (unpaired) electrons. The van der Waals surface area contributed by atoms with Crippen LogP contribution in [-0.4, -0.2) is 73.2 Å². The molecular formula is C23H28N4O2. The van der Waals surface area contributed by atoms with Crippen LogP contribution in [0, 0.1) is 5.92 Å². The Kier molecular flexibility index (Phi) is 4.86. The number of nitrogens with zero attached hydrogens (tertiary/aromatic N) is 3. The summed E-state index contributed by atoms with van der Waals surface area (Å²) in [6.07, 6.45) is 4.60. The lowest BCUT2D eigenvalue weighted by Gasteiger charge is -2.29. The van der Waals surface area contributed by atoms with Crippen molar-refractivity contribution in [3.05, 3.63) is 53.9 Å². The van der Waals surface area contributed by atoms with Crippen LogP contribution in [0.1, 0.15) is 22.3 Å². The summed E-state index contributed by atoms with van der Waals surface area (Å²) >= 11 is 0. The minimum Gasteiger partial charge on any atom is -0.379 e. The zero-order valence-corrected chi connectivity index (χ0v) is 16.7. The smallest absolute Gasteiger partial charge is 0.250 e. The molecule has 2 aromatic rings. The van der Waals surface area contributed by atoms with E-state index in [-0.39, 0.29) is 0 Å². The second-order valence-corrected chi connectivity index (χ2v) is 8.65. The van der Waals surface area contributed by atoms with Gasteiger partial charge in [-0.05, 0) is 29.5 Å². The Morgan fingerprint density at radius 1 is 1.10 bits per heavy atom. The van der Waals surface area contributed by atoms with Crippen LogP contribution >= 0.6 is 0 Å². The van der Waals surface area contributed by atoms with Crippen molar-refractivity contribution in [2.45, 2.75) is 11.8 Å². The number of carbonyl (C=O) groups is 1. The molecule has 2 atom stereocenters. The van der Waals surface area contributed by atoms with Gasteiger partial charge in [0.15, 0.2) is 0 Å². The highest BCUT2D eigenvalue weighted by Gasteiger charge is 2.60. The highest BCUT2D eigenvalue weighted by molar-refractivity contribution is 5.93. The lowest BCUT2D eigenvalue weighted by Crippen LogP contribution is -2.41. The Hall–Kier alpha value is -2.28. The number of hydrogen-bond acceptors (Lipinski definition) is 5. The molecule has 6 heteroatoms. The van der Waals surface area contributed by atoms with E-state index in [2.05, 4.69) is 39.0 Å². The first-order valence-electron chi connectivity index (χ1n) is 10.5. The van der Waals surface area contributed by atoms with E-state index in [0.29, 0.717) is 11.0 Å². The summed E-state index contributed by atoms with van der Waals surface area (Å²) in [6, 6.07) is 10.6. The number of pyridine rings is 1. The summed E-state index contributed by atoms with van der Waals surface area (Å²) in [7, 11) is 0. The van der Waals surface area contributed by atoms with E-state index < -0.39 is 5.91 Å². The first kappa shape index (κ1) is 18.7. The number of primary amides is 1. The van der Waals surface area contributed by atoms with Crippen LogP contribution in [0.25, 0.3) is 11.1 Å². The van der Waals surface area contributed by atoms with Crippen LogP contribution in [0.5, 0.6) is 0 Å². The SMILES string of the molecule is NC(=O)c1cncc(-c2ccc([C@@]34C[C@@H]3CN(CCN3CCOCC3)C4)cc2)c1. The standard InChI is InChI=1S/C23H28N4O2/c24-22(28)19-11-18(13-25-14-19)17-1-3-20(4-2-17)23-12-21(23)15-27(16-23)6-5-26-7-9-29-10-8-26/h1-4,11,13-14,21H,5-10,12,15-16H2,(H2,24,28)/t21-,23+/m1/s1. The van der Waals surface area contributed by atoms with Gasteiger partial charge in [-0.3, -0.25) is 14.7 Å². The van der Waals surface area contributed by atoms with Gasteiger partial charge in [0, 0.05) is 62.6 Å². The minimum atomic E-state index is -0.446. The molecule has 3 aliphatic rings. The Labute approximate surface area is 171 Å². The van der Waals surface area contributed by atoms with Gasteiger partial charge in [0.25, 0.3) is 0 Å². The third-order valence-electron chi connectivity index (χ3n) is 6.87. The molecule has 3 fully saturated rings. The quantitative estimate of drug-likeness (QED) is 0.811. The average Bonchev–Trinajstić information content (AvgIpc) is 3.34. The molecule has 1 amide bonds. The molecule has 3 heterocycles. The number of aromatic nitrogens is 1. The number of nitrogens with two attached hydrogens (primary N) is 1. The molecular weight excluding hydrogens is 364 g/mol. The molecule has 2 aliphatic heterocycles. The molecule has 6 nitrogen and oxygen atoms in total. The lowest BCUT2D eigenvalue weighted by molar-refractivity contribution is 0.0338. The molecule has 0 unspecified atom stereocenters. The molecule has 1 saturated carbocycles. The number of fused-ring (bicyclic) bond motifs is 1. The first-order valence-corrected chi connectivity index (χ1v) is 10.5. The van der Waals surface area contributed by atoms with E-state index >= 15 is 0 Å². The number of benzene rings is 1. The maximum atomic E-state index is 11.4. The van der Waals surface area contributed by atoms with Crippen LogP contribution < -0.4 is 5.73 Å². The van der Waals surface area contributed by atoms with E-state index in [1.165, 1.54) is 31.3 Å². The van der Waals surface area contributed by atoms with Gasteiger partial charge in [-0.2, -0.15) is 0 Å². The number of ether oxygens (including phenoxy) is 1. The van der Waals surface area contributed by atoms with E-state index in [4.69, 9.17) is 10.5 Å². The van der Waals surface area contributed by atoms with Crippen LogP contribution in [0.15, 0.2) is 42.7 Å². The van der Waals surface area contributed by atoms with Crippen LogP contribution in [0.2, 0.25) is 0 Å². The molecule has 2 N–H and O–H groups in total. The predicted molar refractivity (Wildman–Crippen MR) is 112 cm³/mol. The fourth-order valence-corrected chi connectivity index (χ4v) is 5.04. The van der Waals surface area contributed by atoms with Crippen molar-refractivity contribution in [2.24, 2.45) is 11.7 Å². The van der Waals surface area contributed by atoms with E-state index in [9.17, 15) is 4.79 Å². The predicted octanol–water partition coefficient (Wildman–Crippen LogP) is 1.75. The third kappa shape index (κ3) is 3.68. The number of rotatable bonds is 6. The second kappa shape index (κ2) is 7.52. The monoisotopic (exact) mass is 392 g/mol. The Morgan fingerprint density at radius 3 is 2.62 bits per heavy atom. The van der Waals surface area contributed by atoms with Crippen molar-refractivity contribution in [1.82, 2.24) is 14.8 Å². The van der Waals surface area contributed by atoms with Crippen LogP contribution in [0.3, 0.4) is 0 Å². The molecule has 0 bridgehead atoms. The maximum absolute atomic E-state index is 11.4. The summed E-state index contributed by atoms with van der Waals surface area (Å²) < 4.78 is 5.45. The topological polar surface area (TPSA) is 71.7 Å². The first-order chi connectivity index (χ1) is 14.1. The normalized spacial score (nSPS) is 27.0. The third-order valence-corrected chi connectivity index (χ3v) is 6.87. The Morgan fingerprint density at radius 2 is 1.86 bits per heavy atom. The molecule has 1 aromatic carbocycles. The molecule has 0 spiro atoms. The van der Waals surface area contributed by atoms with E-state index in [1.54, 1.807) is 6.20 Å². The lowest BCUT2D eigenvalue weighted by atomic mass is 9.93. The van der Waals surface area contributed by atoms with Gasteiger partial charge in [-0.15, -0.1) is 0 Å². The second-order valence-electron chi connectivity index (χ2n) is 8.65. The van der Waals surface area contributed by atoms with Gasteiger partial charge in [-0.1, -0.05) is 24.3 Å². The zero-order chi connectivity index (χ0) is 19.8. The van der Waals surface area contributed by atoms with Gasteiger partial charge < -0.3 is 15.4 Å². The largest absolute Gasteiger partial charge is 0.379 e. The Balaban J connectivity index is 1.24. The van der Waals surface area contributed by atoms with Crippen LogP contribution in [-0.2, 0) is 10.2 Å². The van der Waals surface area contributed by atoms with Crippen molar-refractivity contribution >= 4 is 5.91 Å². The number of morpholine rings is 1. The van der Waals surface area contributed by atoms with Crippen molar-refractivity contribution in [3.63, 3.8) is 0 Å². The fourth-order valence-electron chi connectivity index (χ4n) is 5.04. The average molecular weight is 393 g/mol. The summed E-state index contributed by atoms with van der Waals surface area (Å²) in [5, 5.41) is 0. The molecule has 29 heavy (non-hydrogen) atoms. The molecule has 1 aliphatic carbocycles. The van der Waals surface area contributed by atoms with E-state index in [1.807, 2.05) is 6.07 Å². The summed E-state index contributed by atoms with van der Waals surface area (Å²) in [5.74, 6) is 0.344. The number of carbonyl (C=O) groups excluding carboxylic acids is 1. The van der Waals surface area contributed by atoms with Crippen molar-refractivity contribution in [2.75, 3.05) is 52.5 Å². The van der Waals surface area contributed by atoms with Crippen molar-refractivity contribution in [1.29, 1.82) is 0 Å². The Bertz CT molecular complexity index is 894. The highest BCUT2D eigenvalue weighted by atomic mass is 16.5. The van der Waals surface area contributed by atoms with E-state index in [0.717, 1.165) is 56.4 Å². The number of amides is 1. The summed E-state index contributed by atoms with van der Waals surface area (Å²) in [4.78, 5) is 20.7. The highest BCUT2D eigenvalue weighted by Crippen LogP contribution is 2.59. The maximum Gasteiger partial charge on any atom is 0.250 e. The van der Waals surface area contributed by atoms with Gasteiger partial charge in [0.2, 0.25) is 5.91 Å². The zero-order valence-electron chi connectivity index (χ0n) is 16.7. The van der Waals surface area contributed by atoms with Crippen molar-refractivity contribution in [3.8, 4) is 11.1 Å². The number of hydrogen-bond donors (Lipinski definition) is 1. The van der Waals surface area contributed by atoms with Gasteiger partial charge in [-0.25, -0.2) is 0 Å². The van der Waals surface area contributed by atoms with Crippen molar-refractivity contribution < 1.29 is 9.53 Å². The van der Waals surface area contributed by atoms with Gasteiger partial charge >= 0.3 is 0 Å². The fraction of sp³-hybridized carbons (Fsp3) is 0.478. The molecule has 1 aromatic heterocycles. The number of piperidine rings is 1. The summed E-state index contributed by atoms with van der Waals surface area (Å²) in [6.45, 7) is 8.56. The molecule has 152 valence electrons. The summed E-state index contributed by atoms with van der Waals surface area (Å²) in [5.41, 5.74) is 9.61. The van der Waals surface area contributed by atoms with Gasteiger partial charge in [0.1, 0.15) is 0 Å². The van der Waals surface area contributed by atoms with Crippen LogP contribution in [0.4, 0.5) is 0 Å². The van der Waals surface area contributed by atoms with Gasteiger partial charge in [0.05, 0.1) is 18.8 Å². The molecule has 2 saturated heterocycles. The molecule has 5 rings (SSSR count).